The van der Waals surface area contributed by atoms with Crippen LogP contribution in [0.1, 0.15) is 18.4 Å². The molecule has 1 aromatic carbocycles. The number of hydrogen-bond acceptors (Lipinski definition) is 5. The Labute approximate surface area is 129 Å². The van der Waals surface area contributed by atoms with Crippen LogP contribution in [-0.4, -0.2) is 23.7 Å². The second-order valence-electron chi connectivity index (χ2n) is 5.57. The molecule has 21 heavy (non-hydrogen) atoms. The highest BCUT2D eigenvalue weighted by atomic mass is 32.1. The molecule has 0 bridgehead atoms. The van der Waals surface area contributed by atoms with Gasteiger partial charge in [0, 0.05) is 24.0 Å². The van der Waals surface area contributed by atoms with Gasteiger partial charge < -0.3 is 4.74 Å². The molecule has 2 heterocycles. The van der Waals surface area contributed by atoms with Gasteiger partial charge in [0.2, 0.25) is 0 Å². The van der Waals surface area contributed by atoms with Crippen molar-refractivity contribution < 1.29 is 4.74 Å². The zero-order valence-corrected chi connectivity index (χ0v) is 13.0. The van der Waals surface area contributed by atoms with E-state index in [4.69, 9.17) is 15.6 Å². The molecule has 4 nitrogen and oxygen atoms in total. The molecule has 1 aliphatic rings. The van der Waals surface area contributed by atoms with Crippen molar-refractivity contribution in [2.24, 2.45) is 11.8 Å². The molecule has 3 rings (SSSR count). The summed E-state index contributed by atoms with van der Waals surface area (Å²) in [6, 6.07) is 10.4. The zero-order valence-electron chi connectivity index (χ0n) is 12.2. The van der Waals surface area contributed by atoms with Gasteiger partial charge in [-0.3, -0.25) is 11.3 Å². The lowest BCUT2D eigenvalue weighted by atomic mass is 9.96. The van der Waals surface area contributed by atoms with E-state index in [1.165, 1.54) is 0 Å². The molecule has 1 aromatic heterocycles. The standard InChI is InChI=1S/C16H21N3OS/c1-11-7-8-20-16(11)13(19-17)9-15-18-14(10-21-15)12-5-3-2-4-6-12/h2-6,10-11,13,16,19H,7-9,17H2,1H3. The van der Waals surface area contributed by atoms with Crippen LogP contribution in [0.2, 0.25) is 0 Å². The summed E-state index contributed by atoms with van der Waals surface area (Å²) in [6.45, 7) is 3.05. The van der Waals surface area contributed by atoms with Crippen LogP contribution in [0.5, 0.6) is 0 Å². The van der Waals surface area contributed by atoms with Crippen molar-refractivity contribution in [3.8, 4) is 11.3 Å². The molecule has 1 fully saturated rings. The predicted octanol–water partition coefficient (Wildman–Crippen LogP) is 2.61. The van der Waals surface area contributed by atoms with Gasteiger partial charge in [-0.15, -0.1) is 11.3 Å². The molecule has 1 aliphatic heterocycles. The van der Waals surface area contributed by atoms with Crippen LogP contribution in [0.25, 0.3) is 11.3 Å². The van der Waals surface area contributed by atoms with Crippen molar-refractivity contribution in [1.82, 2.24) is 10.4 Å². The van der Waals surface area contributed by atoms with Crippen molar-refractivity contribution >= 4 is 11.3 Å². The fraction of sp³-hybridized carbons (Fsp3) is 0.438. The number of nitrogens with two attached hydrogens (primary N) is 1. The number of thiazole rings is 1. The Morgan fingerprint density at radius 1 is 1.43 bits per heavy atom. The van der Waals surface area contributed by atoms with Crippen LogP contribution in [0, 0.1) is 5.92 Å². The summed E-state index contributed by atoms with van der Waals surface area (Å²) >= 11 is 1.69. The van der Waals surface area contributed by atoms with Crippen LogP contribution in [0.3, 0.4) is 0 Å². The maximum Gasteiger partial charge on any atom is 0.0949 e. The lowest BCUT2D eigenvalue weighted by Crippen LogP contribution is -2.47. The molecular formula is C16H21N3OS. The average molecular weight is 303 g/mol. The normalized spacial score (nSPS) is 23.3. The molecule has 3 N–H and O–H groups in total. The average Bonchev–Trinajstić information content (AvgIpc) is 3.15. The number of hydrazine groups is 1. The van der Waals surface area contributed by atoms with Gasteiger partial charge in [0.1, 0.15) is 0 Å². The number of aromatic nitrogens is 1. The topological polar surface area (TPSA) is 60.2 Å². The lowest BCUT2D eigenvalue weighted by molar-refractivity contribution is 0.0610. The number of nitrogens with zero attached hydrogens (tertiary/aromatic N) is 1. The Kier molecular flexibility index (Phi) is 4.65. The van der Waals surface area contributed by atoms with Crippen LogP contribution < -0.4 is 11.3 Å². The van der Waals surface area contributed by atoms with Gasteiger partial charge in [-0.2, -0.15) is 0 Å². The SMILES string of the molecule is CC1CCOC1C(Cc1nc(-c2ccccc2)cs1)NN. The highest BCUT2D eigenvalue weighted by Gasteiger charge is 2.32. The van der Waals surface area contributed by atoms with Crippen LogP contribution in [0.15, 0.2) is 35.7 Å². The Morgan fingerprint density at radius 3 is 2.90 bits per heavy atom. The largest absolute Gasteiger partial charge is 0.376 e. The molecule has 2 aromatic rings. The van der Waals surface area contributed by atoms with Crippen LogP contribution in [-0.2, 0) is 11.2 Å². The summed E-state index contributed by atoms with van der Waals surface area (Å²) in [6.07, 6.45) is 2.10. The zero-order chi connectivity index (χ0) is 14.7. The van der Waals surface area contributed by atoms with E-state index in [-0.39, 0.29) is 12.1 Å². The van der Waals surface area contributed by atoms with E-state index in [9.17, 15) is 0 Å². The molecule has 1 saturated heterocycles. The van der Waals surface area contributed by atoms with Crippen molar-refractivity contribution in [3.05, 3.63) is 40.7 Å². The maximum absolute atomic E-state index is 5.82. The van der Waals surface area contributed by atoms with Crippen LogP contribution >= 0.6 is 11.3 Å². The highest BCUT2D eigenvalue weighted by Crippen LogP contribution is 2.27. The first-order chi connectivity index (χ1) is 10.3. The minimum absolute atomic E-state index is 0.122. The molecule has 0 saturated carbocycles. The van der Waals surface area contributed by atoms with E-state index < -0.39 is 0 Å². The fourth-order valence-corrected chi connectivity index (χ4v) is 3.70. The third-order valence-corrected chi connectivity index (χ3v) is 4.94. The maximum atomic E-state index is 5.82. The van der Waals surface area contributed by atoms with Crippen molar-refractivity contribution in [2.75, 3.05) is 6.61 Å². The molecule has 0 aliphatic carbocycles. The molecule has 5 heteroatoms. The second-order valence-corrected chi connectivity index (χ2v) is 6.51. The summed E-state index contributed by atoms with van der Waals surface area (Å²) in [7, 11) is 0. The summed E-state index contributed by atoms with van der Waals surface area (Å²) in [5.74, 6) is 6.27. The molecule has 3 atom stereocenters. The predicted molar refractivity (Wildman–Crippen MR) is 85.9 cm³/mol. The number of hydrogen-bond donors (Lipinski definition) is 2. The Hall–Kier alpha value is -1.27. The smallest absolute Gasteiger partial charge is 0.0949 e. The van der Waals surface area contributed by atoms with Gasteiger partial charge in [0.05, 0.1) is 22.8 Å². The Morgan fingerprint density at radius 2 is 2.24 bits per heavy atom. The first-order valence-electron chi connectivity index (χ1n) is 7.35. The van der Waals surface area contributed by atoms with Gasteiger partial charge in [-0.05, 0) is 12.3 Å². The monoisotopic (exact) mass is 303 g/mol. The van der Waals surface area contributed by atoms with Crippen molar-refractivity contribution in [1.29, 1.82) is 0 Å². The summed E-state index contributed by atoms with van der Waals surface area (Å²) < 4.78 is 5.82. The van der Waals surface area contributed by atoms with E-state index >= 15 is 0 Å². The summed E-state index contributed by atoms with van der Waals surface area (Å²) in [5, 5.41) is 3.21. The van der Waals surface area contributed by atoms with Gasteiger partial charge in [-0.25, -0.2) is 4.98 Å². The lowest BCUT2D eigenvalue weighted by Gasteiger charge is -2.24. The van der Waals surface area contributed by atoms with Gasteiger partial charge in [0.25, 0.3) is 0 Å². The van der Waals surface area contributed by atoms with E-state index in [0.717, 1.165) is 35.7 Å². The minimum Gasteiger partial charge on any atom is -0.376 e. The highest BCUT2D eigenvalue weighted by molar-refractivity contribution is 7.09. The molecule has 0 spiro atoms. The first kappa shape index (κ1) is 14.7. The van der Waals surface area contributed by atoms with Crippen molar-refractivity contribution in [2.45, 2.75) is 31.9 Å². The third kappa shape index (κ3) is 3.32. The summed E-state index contributed by atoms with van der Waals surface area (Å²) in [4.78, 5) is 4.73. The minimum atomic E-state index is 0.122. The van der Waals surface area contributed by atoms with E-state index in [2.05, 4.69) is 29.9 Å². The quantitative estimate of drug-likeness (QED) is 0.658. The summed E-state index contributed by atoms with van der Waals surface area (Å²) in [5.41, 5.74) is 5.10. The molecule has 0 amide bonds. The second kappa shape index (κ2) is 6.66. The third-order valence-electron chi connectivity index (χ3n) is 4.07. The Balaban J connectivity index is 1.71. The Bertz CT molecular complexity index is 572. The first-order valence-corrected chi connectivity index (χ1v) is 8.23. The number of nitrogens with one attached hydrogen (secondary N) is 1. The molecule has 3 unspecified atom stereocenters. The molecular weight excluding hydrogens is 282 g/mol. The van der Waals surface area contributed by atoms with Gasteiger partial charge >= 0.3 is 0 Å². The van der Waals surface area contributed by atoms with E-state index in [1.807, 2.05) is 18.2 Å². The van der Waals surface area contributed by atoms with E-state index in [0.29, 0.717) is 5.92 Å². The molecule has 112 valence electrons. The fourth-order valence-electron chi connectivity index (χ4n) is 2.84. The van der Waals surface area contributed by atoms with Crippen LogP contribution in [0.4, 0.5) is 0 Å². The van der Waals surface area contributed by atoms with Gasteiger partial charge in [0.15, 0.2) is 0 Å². The number of benzene rings is 1. The van der Waals surface area contributed by atoms with E-state index in [1.54, 1.807) is 11.3 Å². The van der Waals surface area contributed by atoms with Gasteiger partial charge in [-0.1, -0.05) is 37.3 Å². The number of ether oxygens (including phenoxy) is 1. The molecule has 0 radical (unpaired) electrons. The van der Waals surface area contributed by atoms with Crippen molar-refractivity contribution in [3.63, 3.8) is 0 Å². The number of rotatable bonds is 5.